The van der Waals surface area contributed by atoms with Gasteiger partial charge in [0.25, 0.3) is 0 Å². The highest BCUT2D eigenvalue weighted by atomic mass is 32.2. The van der Waals surface area contributed by atoms with E-state index in [0.29, 0.717) is 25.6 Å². The first-order chi connectivity index (χ1) is 9.62. The van der Waals surface area contributed by atoms with Gasteiger partial charge in [-0.2, -0.15) is 17.5 Å². The first-order valence-electron chi connectivity index (χ1n) is 6.32. The van der Waals surface area contributed by atoms with E-state index in [4.69, 9.17) is 0 Å². The molecule has 21 heavy (non-hydrogen) atoms. The molecule has 2 rings (SSSR count). The Labute approximate surface area is 121 Å². The summed E-state index contributed by atoms with van der Waals surface area (Å²) in [6.07, 6.45) is -3.12. The minimum atomic E-state index is -4.58. The molecule has 5 nitrogen and oxygen atoms in total. The van der Waals surface area contributed by atoms with Crippen LogP contribution in [0.25, 0.3) is 0 Å². The maximum absolute atomic E-state index is 12.4. The molecule has 118 valence electrons. The Kier molecular flexibility index (Phi) is 4.27. The van der Waals surface area contributed by atoms with Gasteiger partial charge in [0.15, 0.2) is 0 Å². The molecule has 1 atom stereocenters. The minimum Gasteiger partial charge on any atom is -0.305 e. The number of aromatic nitrogens is 1. The van der Waals surface area contributed by atoms with E-state index >= 15 is 0 Å². The third-order valence-corrected chi connectivity index (χ3v) is 5.37. The van der Waals surface area contributed by atoms with Crippen LogP contribution in [-0.2, 0) is 16.2 Å². The first kappa shape index (κ1) is 16.2. The normalized spacial score (nSPS) is 21.1. The molecular weight excluding hydrogens is 307 g/mol. The van der Waals surface area contributed by atoms with Crippen molar-refractivity contribution in [3.63, 3.8) is 0 Å². The van der Waals surface area contributed by atoms with Gasteiger partial charge in [-0.1, -0.05) is 0 Å². The highest BCUT2D eigenvalue weighted by Crippen LogP contribution is 2.29. The lowest BCUT2D eigenvalue weighted by Crippen LogP contribution is -2.34. The number of sulfonamides is 1. The van der Waals surface area contributed by atoms with Crippen LogP contribution in [0.5, 0.6) is 0 Å². The third kappa shape index (κ3) is 3.35. The smallest absolute Gasteiger partial charge is 0.305 e. The number of hydrogen-bond acceptors (Lipinski definition) is 4. The van der Waals surface area contributed by atoms with Crippen LogP contribution < -0.4 is 0 Å². The summed E-state index contributed by atoms with van der Waals surface area (Å²) in [5.41, 5.74) is -1.10. The van der Waals surface area contributed by atoms with E-state index < -0.39 is 21.9 Å². The Morgan fingerprint density at radius 1 is 1.33 bits per heavy atom. The molecule has 0 amide bonds. The van der Waals surface area contributed by atoms with E-state index in [1.54, 1.807) is 0 Å². The van der Waals surface area contributed by atoms with Crippen molar-refractivity contribution in [3.05, 3.63) is 24.0 Å². The Balaban J connectivity index is 2.21. The number of alkyl halides is 3. The van der Waals surface area contributed by atoms with Gasteiger partial charge < -0.3 is 4.90 Å². The standard InChI is InChI=1S/C12H16F3N3O2S/c1-17(2)9-5-6-18(8-9)21(19,20)10-3-4-11(16-7-10)12(13,14)15/h3-4,7,9H,5-6,8H2,1-2H3/t9-/m0/s1. The molecule has 1 aromatic heterocycles. The van der Waals surface area contributed by atoms with Gasteiger partial charge in [0.05, 0.1) is 0 Å². The summed E-state index contributed by atoms with van der Waals surface area (Å²) < 4.78 is 63.3. The van der Waals surface area contributed by atoms with Crippen molar-refractivity contribution in [2.45, 2.75) is 23.5 Å². The molecule has 1 aliphatic rings. The fourth-order valence-corrected chi connectivity index (χ4v) is 3.64. The highest BCUT2D eigenvalue weighted by molar-refractivity contribution is 7.89. The lowest BCUT2D eigenvalue weighted by atomic mass is 10.2. The highest BCUT2D eigenvalue weighted by Gasteiger charge is 2.35. The van der Waals surface area contributed by atoms with Crippen LogP contribution in [0.3, 0.4) is 0 Å². The molecule has 1 aliphatic heterocycles. The maximum atomic E-state index is 12.4. The first-order valence-corrected chi connectivity index (χ1v) is 7.76. The number of hydrogen-bond donors (Lipinski definition) is 0. The van der Waals surface area contributed by atoms with E-state index in [0.717, 1.165) is 12.3 Å². The zero-order chi connectivity index (χ0) is 15.8. The monoisotopic (exact) mass is 323 g/mol. The van der Waals surface area contributed by atoms with Crippen LogP contribution in [-0.4, -0.2) is 55.8 Å². The molecule has 2 heterocycles. The average Bonchev–Trinajstić information content (AvgIpc) is 2.88. The van der Waals surface area contributed by atoms with E-state index in [9.17, 15) is 21.6 Å². The number of halogens is 3. The predicted molar refractivity (Wildman–Crippen MR) is 70.1 cm³/mol. The van der Waals surface area contributed by atoms with Crippen molar-refractivity contribution >= 4 is 10.0 Å². The number of pyridine rings is 1. The lowest BCUT2D eigenvalue weighted by molar-refractivity contribution is -0.141. The van der Waals surface area contributed by atoms with Gasteiger partial charge in [-0.3, -0.25) is 4.98 Å². The van der Waals surface area contributed by atoms with E-state index in [2.05, 4.69) is 4.98 Å². The van der Waals surface area contributed by atoms with Gasteiger partial charge in [-0.15, -0.1) is 0 Å². The summed E-state index contributed by atoms with van der Waals surface area (Å²) in [7, 11) is -0.0674. The summed E-state index contributed by atoms with van der Waals surface area (Å²) in [6.45, 7) is 0.683. The van der Waals surface area contributed by atoms with Crippen LogP contribution in [0.4, 0.5) is 13.2 Å². The Morgan fingerprint density at radius 3 is 2.43 bits per heavy atom. The van der Waals surface area contributed by atoms with Crippen molar-refractivity contribution in [3.8, 4) is 0 Å². The average molecular weight is 323 g/mol. The van der Waals surface area contributed by atoms with Crippen LogP contribution in [0.1, 0.15) is 12.1 Å². The zero-order valence-corrected chi connectivity index (χ0v) is 12.4. The van der Waals surface area contributed by atoms with Crippen LogP contribution in [0.15, 0.2) is 23.2 Å². The topological polar surface area (TPSA) is 53.5 Å². The van der Waals surface area contributed by atoms with Gasteiger partial charge in [-0.05, 0) is 32.6 Å². The molecule has 1 aromatic rings. The van der Waals surface area contributed by atoms with Gasteiger partial charge in [0.2, 0.25) is 10.0 Å². The molecule has 1 saturated heterocycles. The van der Waals surface area contributed by atoms with Gasteiger partial charge in [0, 0.05) is 25.3 Å². The van der Waals surface area contributed by atoms with E-state index in [-0.39, 0.29) is 10.9 Å². The van der Waals surface area contributed by atoms with Crippen molar-refractivity contribution in [1.29, 1.82) is 0 Å². The molecular formula is C12H16F3N3O2S. The Bertz CT molecular complexity index is 599. The molecule has 0 radical (unpaired) electrons. The maximum Gasteiger partial charge on any atom is 0.433 e. The zero-order valence-electron chi connectivity index (χ0n) is 11.6. The van der Waals surface area contributed by atoms with Crippen molar-refractivity contribution in [2.75, 3.05) is 27.2 Å². The third-order valence-electron chi connectivity index (χ3n) is 3.52. The molecule has 9 heteroatoms. The minimum absolute atomic E-state index is 0.113. The summed E-state index contributed by atoms with van der Waals surface area (Å²) in [4.78, 5) is 4.92. The Hall–Kier alpha value is -1.19. The van der Waals surface area contributed by atoms with Crippen molar-refractivity contribution in [2.24, 2.45) is 0 Å². The van der Waals surface area contributed by atoms with Crippen LogP contribution in [0, 0.1) is 0 Å². The number of nitrogens with zero attached hydrogens (tertiary/aromatic N) is 3. The van der Waals surface area contributed by atoms with Gasteiger partial charge in [-0.25, -0.2) is 8.42 Å². The van der Waals surface area contributed by atoms with Crippen molar-refractivity contribution in [1.82, 2.24) is 14.2 Å². The number of rotatable bonds is 3. The molecule has 0 bridgehead atoms. The predicted octanol–water partition coefficient (Wildman–Crippen LogP) is 1.43. The van der Waals surface area contributed by atoms with Crippen LogP contribution in [0.2, 0.25) is 0 Å². The second-order valence-electron chi connectivity index (χ2n) is 5.15. The largest absolute Gasteiger partial charge is 0.433 e. The second-order valence-corrected chi connectivity index (χ2v) is 7.08. The molecule has 1 fully saturated rings. The summed E-state index contributed by atoms with van der Waals surface area (Å²) in [5, 5.41) is 0. The van der Waals surface area contributed by atoms with Crippen molar-refractivity contribution < 1.29 is 21.6 Å². The molecule has 0 unspecified atom stereocenters. The van der Waals surface area contributed by atoms with Gasteiger partial charge in [0.1, 0.15) is 10.6 Å². The molecule has 0 aliphatic carbocycles. The summed E-state index contributed by atoms with van der Waals surface area (Å²) in [6, 6.07) is 1.75. The SMILES string of the molecule is CN(C)[C@H]1CCN(S(=O)(=O)c2ccc(C(F)(F)F)nc2)C1. The molecule has 0 spiro atoms. The fourth-order valence-electron chi connectivity index (χ4n) is 2.20. The molecule has 0 N–H and O–H groups in total. The Morgan fingerprint density at radius 2 is 2.00 bits per heavy atom. The quantitative estimate of drug-likeness (QED) is 0.844. The summed E-state index contributed by atoms with van der Waals surface area (Å²) in [5.74, 6) is 0. The number of likely N-dealkylation sites (N-methyl/N-ethyl adjacent to an activating group) is 1. The molecule has 0 aromatic carbocycles. The van der Waals surface area contributed by atoms with E-state index in [1.165, 1.54) is 4.31 Å². The van der Waals surface area contributed by atoms with Crippen LogP contribution >= 0.6 is 0 Å². The second kappa shape index (κ2) is 5.54. The van der Waals surface area contributed by atoms with E-state index in [1.807, 2.05) is 19.0 Å². The lowest BCUT2D eigenvalue weighted by Gasteiger charge is -2.20. The fraction of sp³-hybridized carbons (Fsp3) is 0.583. The van der Waals surface area contributed by atoms with Gasteiger partial charge >= 0.3 is 6.18 Å². The summed E-state index contributed by atoms with van der Waals surface area (Å²) >= 11 is 0. The molecule has 0 saturated carbocycles.